The average Bonchev–Trinajstić information content (AvgIpc) is 2.80. The SMILES string of the molecule is CC[C@H](C)NC(=O)[C@H](C)N(Cc1ccccc1Cl)C(=O)CN(c1cc(C)ccc1OC)S(C)(=O)=O. The molecule has 0 saturated heterocycles. The summed E-state index contributed by atoms with van der Waals surface area (Å²) in [6.45, 7) is 6.78. The van der Waals surface area contributed by atoms with E-state index in [1.54, 1.807) is 49.4 Å². The van der Waals surface area contributed by atoms with Gasteiger partial charge in [-0.1, -0.05) is 42.8 Å². The quantitative estimate of drug-likeness (QED) is 0.484. The molecule has 0 radical (unpaired) electrons. The summed E-state index contributed by atoms with van der Waals surface area (Å²) in [4.78, 5) is 27.9. The molecular formula is C25H34ClN3O5S. The van der Waals surface area contributed by atoms with Crippen LogP contribution < -0.4 is 14.4 Å². The summed E-state index contributed by atoms with van der Waals surface area (Å²) >= 11 is 6.33. The summed E-state index contributed by atoms with van der Waals surface area (Å²) < 4.78 is 31.9. The van der Waals surface area contributed by atoms with Crippen LogP contribution in [0.15, 0.2) is 42.5 Å². The first-order valence-electron chi connectivity index (χ1n) is 11.3. The van der Waals surface area contributed by atoms with Crippen molar-refractivity contribution in [3.05, 3.63) is 58.6 Å². The van der Waals surface area contributed by atoms with E-state index < -0.39 is 28.5 Å². The Morgan fingerprint density at radius 3 is 2.37 bits per heavy atom. The molecule has 0 aliphatic carbocycles. The van der Waals surface area contributed by atoms with E-state index in [9.17, 15) is 18.0 Å². The monoisotopic (exact) mass is 523 g/mol. The maximum atomic E-state index is 13.6. The number of nitrogens with one attached hydrogen (secondary N) is 1. The van der Waals surface area contributed by atoms with Gasteiger partial charge in [0.25, 0.3) is 0 Å². The minimum Gasteiger partial charge on any atom is -0.495 e. The van der Waals surface area contributed by atoms with Crippen LogP contribution in [0.3, 0.4) is 0 Å². The molecule has 2 aromatic carbocycles. The zero-order chi connectivity index (χ0) is 26.3. The van der Waals surface area contributed by atoms with E-state index in [1.165, 1.54) is 12.0 Å². The lowest BCUT2D eigenvalue weighted by atomic mass is 10.1. The maximum Gasteiger partial charge on any atom is 0.244 e. The second-order valence-electron chi connectivity index (χ2n) is 8.55. The molecule has 0 bridgehead atoms. The number of benzene rings is 2. The highest BCUT2D eigenvalue weighted by Gasteiger charge is 2.31. The summed E-state index contributed by atoms with van der Waals surface area (Å²) in [5, 5.41) is 3.33. The summed E-state index contributed by atoms with van der Waals surface area (Å²) in [7, 11) is -2.43. The summed E-state index contributed by atoms with van der Waals surface area (Å²) in [6, 6.07) is 11.2. The Kier molecular flexibility index (Phi) is 9.97. The summed E-state index contributed by atoms with van der Waals surface area (Å²) in [6.07, 6.45) is 1.76. The fourth-order valence-corrected chi connectivity index (χ4v) is 4.49. The van der Waals surface area contributed by atoms with Crippen molar-refractivity contribution in [2.45, 2.75) is 52.7 Å². The Labute approximate surface area is 213 Å². The average molecular weight is 524 g/mol. The minimum absolute atomic E-state index is 0.0379. The van der Waals surface area contributed by atoms with Crippen LogP contribution in [0.4, 0.5) is 5.69 Å². The van der Waals surface area contributed by atoms with E-state index in [0.717, 1.165) is 22.5 Å². The molecule has 0 unspecified atom stereocenters. The number of nitrogens with zero attached hydrogens (tertiary/aromatic N) is 2. The van der Waals surface area contributed by atoms with Crippen LogP contribution in [0.2, 0.25) is 5.02 Å². The van der Waals surface area contributed by atoms with Gasteiger partial charge in [-0.3, -0.25) is 13.9 Å². The second-order valence-corrected chi connectivity index (χ2v) is 10.9. The van der Waals surface area contributed by atoms with E-state index in [4.69, 9.17) is 16.3 Å². The van der Waals surface area contributed by atoms with Crippen LogP contribution in [0.25, 0.3) is 0 Å². The molecule has 0 aromatic heterocycles. The molecule has 2 atom stereocenters. The molecule has 0 spiro atoms. The number of sulfonamides is 1. The molecule has 0 aliphatic heterocycles. The van der Waals surface area contributed by atoms with E-state index in [1.807, 2.05) is 20.8 Å². The molecule has 0 fully saturated rings. The molecular weight excluding hydrogens is 490 g/mol. The number of carbonyl (C=O) groups excluding carboxylic acids is 2. The third-order valence-corrected chi connectivity index (χ3v) is 7.24. The van der Waals surface area contributed by atoms with Crippen LogP contribution in [-0.2, 0) is 26.2 Å². The van der Waals surface area contributed by atoms with Gasteiger partial charge in [0.2, 0.25) is 21.8 Å². The highest BCUT2D eigenvalue weighted by atomic mass is 35.5. The predicted octanol–water partition coefficient (Wildman–Crippen LogP) is 3.76. The number of anilines is 1. The van der Waals surface area contributed by atoms with Crippen LogP contribution in [0.5, 0.6) is 5.75 Å². The number of halogens is 1. The smallest absolute Gasteiger partial charge is 0.244 e. The molecule has 1 N–H and O–H groups in total. The van der Waals surface area contributed by atoms with Gasteiger partial charge >= 0.3 is 0 Å². The maximum absolute atomic E-state index is 13.6. The fraction of sp³-hybridized carbons (Fsp3) is 0.440. The van der Waals surface area contributed by atoms with E-state index >= 15 is 0 Å². The van der Waals surface area contributed by atoms with Gasteiger partial charge in [-0.05, 0) is 56.5 Å². The number of ether oxygens (including phenoxy) is 1. The van der Waals surface area contributed by atoms with Crippen molar-refractivity contribution >= 4 is 39.1 Å². The fourth-order valence-electron chi connectivity index (χ4n) is 3.45. The zero-order valence-corrected chi connectivity index (χ0v) is 22.6. The first-order chi connectivity index (χ1) is 16.4. The van der Waals surface area contributed by atoms with Gasteiger partial charge in [-0.25, -0.2) is 8.42 Å². The number of hydrogen-bond acceptors (Lipinski definition) is 5. The largest absolute Gasteiger partial charge is 0.495 e. The van der Waals surface area contributed by atoms with Crippen molar-refractivity contribution in [2.75, 3.05) is 24.2 Å². The molecule has 0 heterocycles. The number of amides is 2. The van der Waals surface area contributed by atoms with Gasteiger partial charge < -0.3 is 15.0 Å². The van der Waals surface area contributed by atoms with E-state index in [-0.39, 0.29) is 24.2 Å². The lowest BCUT2D eigenvalue weighted by Crippen LogP contribution is -2.52. The first kappa shape index (κ1) is 28.5. The predicted molar refractivity (Wildman–Crippen MR) is 139 cm³/mol. The molecule has 192 valence electrons. The molecule has 8 nitrogen and oxygen atoms in total. The number of methoxy groups -OCH3 is 1. The third-order valence-electron chi connectivity index (χ3n) is 5.75. The Balaban J connectivity index is 2.47. The van der Waals surface area contributed by atoms with Gasteiger partial charge in [0.05, 0.1) is 19.1 Å². The molecule has 0 saturated carbocycles. The molecule has 2 aromatic rings. The number of hydrogen-bond donors (Lipinski definition) is 1. The molecule has 2 rings (SSSR count). The van der Waals surface area contributed by atoms with E-state index in [2.05, 4.69) is 5.32 Å². The Morgan fingerprint density at radius 2 is 1.80 bits per heavy atom. The molecule has 0 aliphatic rings. The lowest BCUT2D eigenvalue weighted by molar-refractivity contribution is -0.139. The van der Waals surface area contributed by atoms with E-state index in [0.29, 0.717) is 16.3 Å². The standard InChI is InChI=1S/C25H34ClN3O5S/c1-7-18(3)27-25(31)19(4)28(15-20-10-8-9-11-21(20)26)24(30)16-29(35(6,32)33)22-14-17(2)12-13-23(22)34-5/h8-14,18-19H,7,15-16H2,1-6H3,(H,27,31)/t18-,19-/m0/s1. The van der Waals surface area contributed by atoms with Gasteiger partial charge in [0.1, 0.15) is 18.3 Å². The highest BCUT2D eigenvalue weighted by Crippen LogP contribution is 2.31. The van der Waals surface area contributed by atoms with Gasteiger partial charge in [-0.2, -0.15) is 0 Å². The van der Waals surface area contributed by atoms with Crippen molar-refractivity contribution in [3.63, 3.8) is 0 Å². The van der Waals surface area contributed by atoms with Crippen molar-refractivity contribution < 1.29 is 22.7 Å². The molecule has 2 amide bonds. The van der Waals surface area contributed by atoms with Crippen molar-refractivity contribution in [1.82, 2.24) is 10.2 Å². The highest BCUT2D eigenvalue weighted by molar-refractivity contribution is 7.92. The van der Waals surface area contributed by atoms with Crippen LogP contribution in [-0.4, -0.2) is 57.1 Å². The minimum atomic E-state index is -3.87. The zero-order valence-electron chi connectivity index (χ0n) is 21.0. The Morgan fingerprint density at radius 1 is 1.14 bits per heavy atom. The number of rotatable bonds is 11. The van der Waals surface area contributed by atoms with Gasteiger partial charge in [0.15, 0.2) is 0 Å². The number of aryl methyl sites for hydroxylation is 1. The molecule has 10 heteroatoms. The van der Waals surface area contributed by atoms with Crippen molar-refractivity contribution in [3.8, 4) is 5.75 Å². The Hall–Kier alpha value is -2.78. The summed E-state index contributed by atoms with van der Waals surface area (Å²) in [5.74, 6) is -0.571. The third kappa shape index (κ3) is 7.60. The van der Waals surface area contributed by atoms with Crippen LogP contribution >= 0.6 is 11.6 Å². The van der Waals surface area contributed by atoms with Crippen LogP contribution in [0.1, 0.15) is 38.3 Å². The first-order valence-corrected chi connectivity index (χ1v) is 13.6. The Bertz CT molecular complexity index is 1160. The summed E-state index contributed by atoms with van der Waals surface area (Å²) in [5.41, 5.74) is 1.69. The topological polar surface area (TPSA) is 96.0 Å². The lowest BCUT2D eigenvalue weighted by Gasteiger charge is -2.32. The van der Waals surface area contributed by atoms with Crippen LogP contribution in [0, 0.1) is 6.92 Å². The van der Waals surface area contributed by atoms with Crippen molar-refractivity contribution in [1.29, 1.82) is 0 Å². The molecule has 35 heavy (non-hydrogen) atoms. The van der Waals surface area contributed by atoms with Gasteiger partial charge in [0, 0.05) is 17.6 Å². The normalized spacial score (nSPS) is 13.0. The van der Waals surface area contributed by atoms with Crippen molar-refractivity contribution in [2.24, 2.45) is 0 Å². The number of carbonyl (C=O) groups is 2. The van der Waals surface area contributed by atoms with Gasteiger partial charge in [-0.15, -0.1) is 0 Å². The second kappa shape index (κ2) is 12.3.